The Morgan fingerprint density at radius 3 is 2.13 bits per heavy atom. The Labute approximate surface area is 95.8 Å². The zero-order valence-corrected chi connectivity index (χ0v) is 10.1. The third-order valence-electron chi connectivity index (χ3n) is 2.25. The molecule has 0 spiro atoms. The van der Waals surface area contributed by atoms with E-state index in [2.05, 4.69) is 44.2 Å². The maximum Gasteiger partial charge on any atom is -0.0169 e. The standard InChI is InChI=1S/C15H25/c1-3-5-7-9-11-13-15-14-12-10-8-6-4-2/h3,5-6,8,12,14H,1,4,7,9-11,13,15H2,2H3/b5-3+,8-6+,14-12+. The summed E-state index contributed by atoms with van der Waals surface area (Å²) in [5, 5.41) is 0. The van der Waals surface area contributed by atoms with Crippen molar-refractivity contribution in [1.29, 1.82) is 0 Å². The van der Waals surface area contributed by atoms with E-state index in [9.17, 15) is 0 Å². The van der Waals surface area contributed by atoms with Crippen LogP contribution in [0.15, 0.2) is 36.5 Å². The third kappa shape index (κ3) is 13.2. The van der Waals surface area contributed by atoms with Gasteiger partial charge < -0.3 is 0 Å². The topological polar surface area (TPSA) is 0 Å². The molecule has 15 heavy (non-hydrogen) atoms. The molecule has 0 aromatic carbocycles. The van der Waals surface area contributed by atoms with Gasteiger partial charge in [-0.1, -0.05) is 49.8 Å². The van der Waals surface area contributed by atoms with E-state index in [1.54, 1.807) is 0 Å². The van der Waals surface area contributed by atoms with Crippen molar-refractivity contribution in [2.24, 2.45) is 0 Å². The first-order valence-corrected chi connectivity index (χ1v) is 6.16. The molecule has 0 unspecified atom stereocenters. The highest BCUT2D eigenvalue weighted by Crippen LogP contribution is 2.04. The fourth-order valence-electron chi connectivity index (χ4n) is 1.37. The Morgan fingerprint density at radius 1 is 0.800 bits per heavy atom. The molecule has 0 aliphatic carbocycles. The summed E-state index contributed by atoms with van der Waals surface area (Å²) < 4.78 is 0. The lowest BCUT2D eigenvalue weighted by Crippen LogP contribution is -1.74. The van der Waals surface area contributed by atoms with Gasteiger partial charge in [0.2, 0.25) is 0 Å². The second-order valence-corrected chi connectivity index (χ2v) is 3.70. The summed E-state index contributed by atoms with van der Waals surface area (Å²) in [6.07, 6.45) is 21.7. The first kappa shape index (κ1) is 14.2. The fraction of sp³-hybridized carbons (Fsp3) is 0.533. The molecule has 1 radical (unpaired) electrons. The molecular weight excluding hydrogens is 180 g/mol. The average Bonchev–Trinajstić information content (AvgIpc) is 2.26. The van der Waals surface area contributed by atoms with Crippen LogP contribution in [0.2, 0.25) is 0 Å². The molecule has 0 aromatic rings. The number of allylic oxidation sites excluding steroid dienone is 6. The van der Waals surface area contributed by atoms with Gasteiger partial charge in [0.05, 0.1) is 0 Å². The largest absolute Gasteiger partial charge is 0.0885 e. The van der Waals surface area contributed by atoms with E-state index >= 15 is 0 Å². The highest BCUT2D eigenvalue weighted by atomic mass is 13.9. The molecule has 0 atom stereocenters. The van der Waals surface area contributed by atoms with Crippen LogP contribution in [-0.4, -0.2) is 0 Å². The summed E-state index contributed by atoms with van der Waals surface area (Å²) in [7, 11) is 0. The monoisotopic (exact) mass is 205 g/mol. The van der Waals surface area contributed by atoms with Crippen molar-refractivity contribution in [1.82, 2.24) is 0 Å². The summed E-state index contributed by atoms with van der Waals surface area (Å²) in [6.45, 7) is 5.84. The Morgan fingerprint density at radius 2 is 1.47 bits per heavy atom. The zero-order chi connectivity index (χ0) is 11.2. The Kier molecular flexibility index (Phi) is 12.5. The molecule has 0 amide bonds. The van der Waals surface area contributed by atoms with E-state index in [-0.39, 0.29) is 0 Å². The molecule has 85 valence electrons. The smallest absolute Gasteiger partial charge is 0.0169 e. The lowest BCUT2D eigenvalue weighted by atomic mass is 10.1. The predicted octanol–water partition coefficient (Wildman–Crippen LogP) is 5.24. The molecule has 0 fully saturated rings. The van der Waals surface area contributed by atoms with Crippen LogP contribution in [0.3, 0.4) is 0 Å². The van der Waals surface area contributed by atoms with Gasteiger partial charge in [-0.15, -0.1) is 0 Å². The van der Waals surface area contributed by atoms with Crippen LogP contribution in [-0.2, 0) is 0 Å². The lowest BCUT2D eigenvalue weighted by molar-refractivity contribution is 0.695. The lowest BCUT2D eigenvalue weighted by Gasteiger charge is -1.94. The summed E-state index contributed by atoms with van der Waals surface area (Å²) in [4.78, 5) is 0. The van der Waals surface area contributed by atoms with Crippen LogP contribution in [0.5, 0.6) is 0 Å². The molecule has 0 saturated carbocycles. The van der Waals surface area contributed by atoms with Crippen LogP contribution in [0.4, 0.5) is 0 Å². The van der Waals surface area contributed by atoms with E-state index in [4.69, 9.17) is 0 Å². The number of hydrogen-bond donors (Lipinski definition) is 0. The van der Waals surface area contributed by atoms with Crippen molar-refractivity contribution in [3.8, 4) is 0 Å². The summed E-state index contributed by atoms with van der Waals surface area (Å²) in [6, 6.07) is 0. The average molecular weight is 205 g/mol. The van der Waals surface area contributed by atoms with Crippen LogP contribution in [0.25, 0.3) is 0 Å². The highest BCUT2D eigenvalue weighted by molar-refractivity contribution is 4.92. The van der Waals surface area contributed by atoms with E-state index in [0.29, 0.717) is 0 Å². The maximum absolute atomic E-state index is 3.67. The van der Waals surface area contributed by atoms with E-state index in [0.717, 1.165) is 12.8 Å². The number of rotatable bonds is 9. The van der Waals surface area contributed by atoms with Gasteiger partial charge in [-0.25, -0.2) is 0 Å². The molecule has 0 bridgehead atoms. The number of hydrogen-bond acceptors (Lipinski definition) is 0. The van der Waals surface area contributed by atoms with Crippen LogP contribution in [0, 0.1) is 6.92 Å². The zero-order valence-electron chi connectivity index (χ0n) is 10.1. The quantitative estimate of drug-likeness (QED) is 0.357. The molecule has 0 heterocycles. The molecule has 0 N–H and O–H groups in total. The van der Waals surface area contributed by atoms with Crippen LogP contribution >= 0.6 is 0 Å². The van der Waals surface area contributed by atoms with Gasteiger partial charge in [0.25, 0.3) is 0 Å². The molecule has 0 aliphatic heterocycles. The molecule has 0 aliphatic rings. The van der Waals surface area contributed by atoms with Gasteiger partial charge in [0, 0.05) is 0 Å². The van der Waals surface area contributed by atoms with Gasteiger partial charge in [0.1, 0.15) is 0 Å². The van der Waals surface area contributed by atoms with Crippen LogP contribution < -0.4 is 0 Å². The van der Waals surface area contributed by atoms with Gasteiger partial charge in [-0.3, -0.25) is 0 Å². The summed E-state index contributed by atoms with van der Waals surface area (Å²) >= 11 is 0. The second-order valence-electron chi connectivity index (χ2n) is 3.70. The van der Waals surface area contributed by atoms with Gasteiger partial charge in [-0.05, 0) is 45.4 Å². The van der Waals surface area contributed by atoms with Crippen molar-refractivity contribution in [3.05, 3.63) is 43.4 Å². The fourth-order valence-corrected chi connectivity index (χ4v) is 1.37. The minimum absolute atomic E-state index is 1.10. The van der Waals surface area contributed by atoms with Gasteiger partial charge >= 0.3 is 0 Å². The Balaban J connectivity index is 3.12. The van der Waals surface area contributed by atoms with Crippen molar-refractivity contribution < 1.29 is 0 Å². The first-order chi connectivity index (χ1) is 7.41. The maximum atomic E-state index is 3.67. The van der Waals surface area contributed by atoms with Crippen LogP contribution in [0.1, 0.15) is 51.9 Å². The van der Waals surface area contributed by atoms with E-state index < -0.39 is 0 Å². The molecule has 0 rings (SSSR count). The predicted molar refractivity (Wildman–Crippen MR) is 70.8 cm³/mol. The SMILES string of the molecule is [CH2]/C=C/CCCCC/C=C/C/C=C/CC. The molecule has 0 heteroatoms. The normalized spacial score (nSPS) is 12.4. The first-order valence-electron chi connectivity index (χ1n) is 6.16. The van der Waals surface area contributed by atoms with Crippen molar-refractivity contribution in [2.45, 2.75) is 51.9 Å². The summed E-state index contributed by atoms with van der Waals surface area (Å²) in [5.74, 6) is 0. The third-order valence-corrected chi connectivity index (χ3v) is 2.25. The molecule has 0 aromatic heterocycles. The van der Waals surface area contributed by atoms with Crippen molar-refractivity contribution in [2.75, 3.05) is 0 Å². The summed E-state index contributed by atoms with van der Waals surface area (Å²) in [5.41, 5.74) is 0. The van der Waals surface area contributed by atoms with Gasteiger partial charge in [-0.2, -0.15) is 0 Å². The number of unbranched alkanes of at least 4 members (excludes halogenated alkanes) is 4. The van der Waals surface area contributed by atoms with Gasteiger partial charge in [0.15, 0.2) is 0 Å². The molecule has 0 saturated heterocycles. The second kappa shape index (κ2) is 13.2. The minimum Gasteiger partial charge on any atom is -0.0885 e. The minimum atomic E-state index is 1.10. The highest BCUT2D eigenvalue weighted by Gasteiger charge is 1.84. The Hall–Kier alpha value is -0.780. The van der Waals surface area contributed by atoms with Crippen molar-refractivity contribution >= 4 is 0 Å². The molecular formula is C15H25. The van der Waals surface area contributed by atoms with E-state index in [1.165, 1.54) is 32.1 Å². The van der Waals surface area contributed by atoms with Crippen molar-refractivity contribution in [3.63, 3.8) is 0 Å². The molecule has 0 nitrogen and oxygen atoms in total. The van der Waals surface area contributed by atoms with E-state index in [1.807, 2.05) is 6.08 Å². The Bertz CT molecular complexity index is 184.